The van der Waals surface area contributed by atoms with Crippen molar-refractivity contribution in [2.75, 3.05) is 12.0 Å². The maximum atomic E-state index is 12.7. The number of benzene rings is 2. The molecule has 1 unspecified atom stereocenters. The second-order valence-corrected chi connectivity index (χ2v) is 7.33. The molecule has 160 valence electrons. The van der Waals surface area contributed by atoms with Crippen molar-refractivity contribution in [3.63, 3.8) is 0 Å². The first-order valence-corrected chi connectivity index (χ1v) is 10.2. The summed E-state index contributed by atoms with van der Waals surface area (Å²) >= 11 is 0. The van der Waals surface area contributed by atoms with E-state index in [9.17, 15) is 14.4 Å². The molecule has 0 saturated heterocycles. The minimum absolute atomic E-state index is 0.276. The monoisotopic (exact) mass is 418 g/mol. The Balaban J connectivity index is 1.68. The maximum Gasteiger partial charge on any atom is 0.313 e. The highest BCUT2D eigenvalue weighted by molar-refractivity contribution is 6.01. The molecule has 0 radical (unpaired) electrons. The number of ketones is 1. The van der Waals surface area contributed by atoms with Crippen molar-refractivity contribution in [3.8, 4) is 0 Å². The smallest absolute Gasteiger partial charge is 0.313 e. The van der Waals surface area contributed by atoms with Crippen LogP contribution in [-0.2, 0) is 9.53 Å². The van der Waals surface area contributed by atoms with Gasteiger partial charge in [-0.15, -0.1) is 0 Å². The van der Waals surface area contributed by atoms with E-state index in [0.29, 0.717) is 28.9 Å². The number of aryl methyl sites for hydroxylation is 1. The Kier molecular flexibility index (Phi) is 7.03. The lowest BCUT2D eigenvalue weighted by atomic mass is 9.97. The van der Waals surface area contributed by atoms with Gasteiger partial charge in [0.2, 0.25) is 5.78 Å². The van der Waals surface area contributed by atoms with Crippen LogP contribution in [0.15, 0.2) is 66.7 Å². The van der Waals surface area contributed by atoms with E-state index in [2.05, 4.69) is 5.43 Å². The van der Waals surface area contributed by atoms with Crippen LogP contribution in [0, 0.1) is 13.8 Å². The van der Waals surface area contributed by atoms with E-state index < -0.39 is 11.9 Å². The van der Waals surface area contributed by atoms with Gasteiger partial charge in [-0.2, -0.15) is 0 Å². The number of nitrogens with one attached hydrogen (secondary N) is 1. The minimum Gasteiger partial charge on any atom is -0.457 e. The zero-order valence-electron chi connectivity index (χ0n) is 17.9. The summed E-state index contributed by atoms with van der Waals surface area (Å²) in [5, 5.41) is 0. The Labute approximate surface area is 181 Å². The highest BCUT2D eigenvalue weighted by Gasteiger charge is 2.23. The number of carbonyl (C=O) groups is 3. The highest BCUT2D eigenvalue weighted by Crippen LogP contribution is 2.21. The van der Waals surface area contributed by atoms with Gasteiger partial charge < -0.3 is 4.74 Å². The number of nitrogens with zero attached hydrogens (tertiary/aromatic N) is 1. The van der Waals surface area contributed by atoms with Crippen LogP contribution in [0.5, 0.6) is 0 Å². The molecule has 1 N–H and O–H groups in total. The molecule has 0 saturated carbocycles. The summed E-state index contributed by atoms with van der Waals surface area (Å²) in [6.07, 6.45) is 0.580. The standard InChI is InChI=1S/C25H26N2O4/c1-4-21(19-11-7-5-8-12-19)25(30)31-16-23(28)22-15-17(2)27(18(22)3)26-24(29)20-13-9-6-10-14-20/h5-15,21H,4,16H2,1-3H3,(H,26,29). The van der Waals surface area contributed by atoms with Crippen LogP contribution in [0.1, 0.15) is 56.9 Å². The molecular formula is C25H26N2O4. The summed E-state index contributed by atoms with van der Waals surface area (Å²) in [5.74, 6) is -1.43. The fourth-order valence-electron chi connectivity index (χ4n) is 3.51. The predicted molar refractivity (Wildman–Crippen MR) is 119 cm³/mol. The van der Waals surface area contributed by atoms with Crippen molar-refractivity contribution in [2.24, 2.45) is 0 Å². The first-order chi connectivity index (χ1) is 14.9. The molecule has 31 heavy (non-hydrogen) atoms. The van der Waals surface area contributed by atoms with Gasteiger partial charge in [-0.3, -0.25) is 24.5 Å². The van der Waals surface area contributed by atoms with Crippen LogP contribution in [-0.4, -0.2) is 28.9 Å². The average Bonchev–Trinajstić information content (AvgIpc) is 3.07. The lowest BCUT2D eigenvalue weighted by Crippen LogP contribution is -2.25. The molecule has 6 nitrogen and oxygen atoms in total. The van der Waals surface area contributed by atoms with Gasteiger partial charge in [0, 0.05) is 22.5 Å². The SMILES string of the molecule is CCC(C(=O)OCC(=O)c1cc(C)n(NC(=O)c2ccccc2)c1C)c1ccccc1. The molecule has 0 aliphatic rings. The Morgan fingerprint density at radius 1 is 0.968 bits per heavy atom. The van der Waals surface area contributed by atoms with Crippen LogP contribution >= 0.6 is 0 Å². The van der Waals surface area contributed by atoms with Gasteiger partial charge >= 0.3 is 5.97 Å². The van der Waals surface area contributed by atoms with Crippen LogP contribution in [0.4, 0.5) is 0 Å². The van der Waals surface area contributed by atoms with Gasteiger partial charge in [0.05, 0.1) is 5.92 Å². The van der Waals surface area contributed by atoms with Crippen molar-refractivity contribution >= 4 is 17.7 Å². The predicted octanol–water partition coefficient (Wildman–Crippen LogP) is 4.41. The Bertz CT molecular complexity index is 1070. The topological polar surface area (TPSA) is 77.4 Å². The van der Waals surface area contributed by atoms with Gasteiger partial charge in [0.25, 0.3) is 5.91 Å². The first-order valence-electron chi connectivity index (χ1n) is 10.2. The molecule has 1 heterocycles. The van der Waals surface area contributed by atoms with Crippen LogP contribution < -0.4 is 5.43 Å². The molecular weight excluding hydrogens is 392 g/mol. The Morgan fingerprint density at radius 3 is 2.19 bits per heavy atom. The van der Waals surface area contributed by atoms with E-state index in [1.54, 1.807) is 48.9 Å². The van der Waals surface area contributed by atoms with E-state index in [4.69, 9.17) is 4.74 Å². The molecule has 3 rings (SSSR count). The van der Waals surface area contributed by atoms with Gasteiger partial charge in [-0.05, 0) is 44.0 Å². The van der Waals surface area contributed by atoms with Crippen LogP contribution in [0.3, 0.4) is 0 Å². The summed E-state index contributed by atoms with van der Waals surface area (Å²) in [6.45, 7) is 5.10. The molecule has 0 fully saturated rings. The number of esters is 1. The van der Waals surface area contributed by atoms with E-state index >= 15 is 0 Å². The van der Waals surface area contributed by atoms with E-state index in [1.807, 2.05) is 43.3 Å². The Morgan fingerprint density at radius 2 is 1.58 bits per heavy atom. The molecule has 0 bridgehead atoms. The second kappa shape index (κ2) is 9.89. The quantitative estimate of drug-likeness (QED) is 0.434. The third-order valence-electron chi connectivity index (χ3n) is 5.22. The van der Waals surface area contributed by atoms with Crippen molar-refractivity contribution < 1.29 is 19.1 Å². The average molecular weight is 418 g/mol. The summed E-state index contributed by atoms with van der Waals surface area (Å²) < 4.78 is 6.91. The van der Waals surface area contributed by atoms with Gasteiger partial charge in [0.15, 0.2) is 6.61 Å². The lowest BCUT2D eigenvalue weighted by molar-refractivity contribution is -0.144. The third kappa shape index (κ3) is 5.09. The molecule has 1 amide bonds. The normalized spacial score (nSPS) is 11.6. The molecule has 2 aromatic carbocycles. The van der Waals surface area contributed by atoms with Crippen molar-refractivity contribution in [1.82, 2.24) is 4.68 Å². The molecule has 0 aliphatic carbocycles. The van der Waals surface area contributed by atoms with E-state index in [0.717, 1.165) is 5.56 Å². The first kappa shape index (κ1) is 22.0. The maximum absolute atomic E-state index is 12.7. The summed E-state index contributed by atoms with van der Waals surface area (Å²) in [7, 11) is 0. The van der Waals surface area contributed by atoms with Crippen molar-refractivity contribution in [2.45, 2.75) is 33.1 Å². The zero-order valence-corrected chi connectivity index (χ0v) is 17.9. The summed E-state index contributed by atoms with van der Waals surface area (Å²) in [5.41, 5.74) is 5.87. The molecule has 0 spiro atoms. The lowest BCUT2D eigenvalue weighted by Gasteiger charge is -2.14. The van der Waals surface area contributed by atoms with Crippen molar-refractivity contribution in [1.29, 1.82) is 0 Å². The van der Waals surface area contributed by atoms with Crippen LogP contribution in [0.25, 0.3) is 0 Å². The number of hydrogen-bond donors (Lipinski definition) is 1. The van der Waals surface area contributed by atoms with Gasteiger partial charge in [0.1, 0.15) is 0 Å². The number of aromatic nitrogens is 1. The molecule has 6 heteroatoms. The van der Waals surface area contributed by atoms with Crippen molar-refractivity contribution in [3.05, 3.63) is 94.8 Å². The van der Waals surface area contributed by atoms with Gasteiger partial charge in [-0.1, -0.05) is 55.5 Å². The zero-order chi connectivity index (χ0) is 22.4. The van der Waals surface area contributed by atoms with Gasteiger partial charge in [-0.25, -0.2) is 0 Å². The minimum atomic E-state index is -0.423. The molecule has 1 aromatic heterocycles. The van der Waals surface area contributed by atoms with E-state index in [-0.39, 0.29) is 18.3 Å². The highest BCUT2D eigenvalue weighted by atomic mass is 16.5. The second-order valence-electron chi connectivity index (χ2n) is 7.33. The molecule has 3 aromatic rings. The molecule has 1 atom stereocenters. The van der Waals surface area contributed by atoms with E-state index in [1.165, 1.54) is 0 Å². The third-order valence-corrected chi connectivity index (χ3v) is 5.22. The fourth-order valence-corrected chi connectivity index (χ4v) is 3.51. The number of rotatable bonds is 8. The summed E-state index contributed by atoms with van der Waals surface area (Å²) in [6, 6.07) is 19.9. The fraction of sp³-hybridized carbons (Fsp3) is 0.240. The summed E-state index contributed by atoms with van der Waals surface area (Å²) in [4.78, 5) is 37.7. The Hall–Kier alpha value is -3.67. The number of hydrogen-bond acceptors (Lipinski definition) is 4. The largest absolute Gasteiger partial charge is 0.457 e. The number of carbonyl (C=O) groups excluding carboxylic acids is 3. The number of ether oxygens (including phenoxy) is 1. The number of amides is 1. The van der Waals surface area contributed by atoms with Crippen LogP contribution in [0.2, 0.25) is 0 Å². The number of Topliss-reactive ketones (excluding diaryl/α,β-unsaturated/α-hetero) is 1. The molecule has 0 aliphatic heterocycles.